The Hall–Kier alpha value is -10.7. The zero-order valence-corrected chi connectivity index (χ0v) is 56.1. The molecule has 0 bridgehead atoms. The minimum atomic E-state index is -4.63. The van der Waals surface area contributed by atoms with Crippen LogP contribution in [0.1, 0.15) is 73.0 Å². The summed E-state index contributed by atoms with van der Waals surface area (Å²) in [6.07, 6.45) is -14.2. The van der Waals surface area contributed by atoms with E-state index >= 15 is 0 Å². The average molecular weight is 1420 g/mol. The molecule has 32 heteroatoms. The van der Waals surface area contributed by atoms with Gasteiger partial charge in [0.25, 0.3) is 0 Å². The van der Waals surface area contributed by atoms with Crippen molar-refractivity contribution in [1.29, 1.82) is 0 Å². The van der Waals surface area contributed by atoms with Gasteiger partial charge in [0.2, 0.25) is 0 Å². The van der Waals surface area contributed by atoms with Crippen LogP contribution in [-0.4, -0.2) is 143 Å². The Labute approximate surface area is 562 Å². The summed E-state index contributed by atoms with van der Waals surface area (Å²) in [7, 11) is 13.1. The molecule has 0 aliphatic carbocycles. The van der Waals surface area contributed by atoms with Gasteiger partial charge in [-0.15, -0.1) is 0 Å². The monoisotopic (exact) mass is 1420 g/mol. The summed E-state index contributed by atoms with van der Waals surface area (Å²) in [6, 6.07) is 13.3. The first kappa shape index (κ1) is 78.3. The number of benzene rings is 5. The molecule has 0 aliphatic heterocycles. The van der Waals surface area contributed by atoms with Crippen LogP contribution in [0.25, 0.3) is 54.5 Å². The first-order valence-corrected chi connectivity index (χ1v) is 29.7. The second kappa shape index (κ2) is 31.9. The molecule has 0 aliphatic rings. The molecular weight excluding hydrogens is 1350 g/mol. The quantitative estimate of drug-likeness (QED) is 0.0293. The van der Waals surface area contributed by atoms with Gasteiger partial charge in [0.05, 0.1) is 85.9 Å². The zero-order chi connectivity index (χ0) is 75.0. The molecule has 8 N–H and O–H groups in total. The van der Waals surface area contributed by atoms with Gasteiger partial charge < -0.3 is 78.3 Å². The number of H-pyrrole nitrogens is 4. The highest BCUT2D eigenvalue weighted by molar-refractivity contribution is 5.95. The van der Waals surface area contributed by atoms with Crippen LogP contribution >= 0.6 is 0 Å². The number of aromatic amines is 4. The van der Waals surface area contributed by atoms with E-state index in [0.29, 0.717) is 90.4 Å². The Kier molecular flexibility index (Phi) is 25.0. The molecular formula is C68H71F11N6O15. The van der Waals surface area contributed by atoms with Crippen LogP contribution in [0.2, 0.25) is 0 Å². The Morgan fingerprint density at radius 1 is 0.460 bits per heavy atom. The van der Waals surface area contributed by atoms with Crippen molar-refractivity contribution < 1.29 is 121 Å². The number of likely N-dealkylation sites (N-methyl/N-ethyl adjacent to an activating group) is 1. The van der Waals surface area contributed by atoms with E-state index in [0.717, 1.165) is 37.7 Å². The molecule has 540 valence electrons. The first-order valence-electron chi connectivity index (χ1n) is 29.7. The van der Waals surface area contributed by atoms with Gasteiger partial charge in [-0.1, -0.05) is 0 Å². The number of carboxylic acids is 4. The highest BCUT2D eigenvalue weighted by Crippen LogP contribution is 2.45. The average Bonchev–Trinajstić information content (AvgIpc) is 1.61. The van der Waals surface area contributed by atoms with Gasteiger partial charge >= 0.3 is 48.4 Å². The number of methoxy groups -OCH3 is 6. The molecule has 0 unspecified atom stereocenters. The number of ether oxygens (including phenoxy) is 6. The van der Waals surface area contributed by atoms with Gasteiger partial charge in [-0.05, 0) is 124 Å². The first-order chi connectivity index (χ1) is 46.6. The van der Waals surface area contributed by atoms with E-state index in [1.165, 1.54) is 70.9 Å². The summed E-state index contributed by atoms with van der Waals surface area (Å²) in [4.78, 5) is 68.5. The number of hydrogen-bond donors (Lipinski definition) is 8. The van der Waals surface area contributed by atoms with Crippen molar-refractivity contribution in [3.05, 3.63) is 145 Å². The van der Waals surface area contributed by atoms with Crippen LogP contribution in [0.4, 0.5) is 48.3 Å². The lowest BCUT2D eigenvalue weighted by atomic mass is 10.0. The summed E-state index contributed by atoms with van der Waals surface area (Å²) >= 11 is 0. The third-order valence-corrected chi connectivity index (χ3v) is 16.0. The fourth-order valence-corrected chi connectivity index (χ4v) is 11.4. The number of carboxylic acid groups (broad SMARTS) is 4. The SMILES string of the molecule is COC(=O)Cc1c(CCN(C)C)n(C)c2cc(C(F)(F)F)c(OC)cc12.COc1cc2c(CC(=O)O)c(C)[nH]c2cc1C(F)(F)F.COc1cc2c(CC(=O)O)c(C)[nH]c2cc1F.COc1ccc2[nH]c(C)c(CC(=O)O)c2c1C(F)(F)F.COc1ccc2[nH]c(C)c(CC(=O)O)c2c1F. The molecule has 5 aromatic carbocycles. The molecule has 0 saturated heterocycles. The predicted molar refractivity (Wildman–Crippen MR) is 346 cm³/mol. The van der Waals surface area contributed by atoms with Gasteiger partial charge in [0, 0.05) is 109 Å². The largest absolute Gasteiger partial charge is 0.496 e. The van der Waals surface area contributed by atoms with Crippen LogP contribution in [-0.2, 0) is 92.8 Å². The topological polar surface area (TPSA) is 293 Å². The number of aromatic nitrogens is 5. The Bertz CT molecular complexity index is 4680. The van der Waals surface area contributed by atoms with Gasteiger partial charge in [0.1, 0.15) is 22.8 Å². The number of hydrogen-bond acceptors (Lipinski definition) is 12. The molecule has 0 amide bonds. The fraction of sp³-hybridized carbons (Fsp3) is 0.338. The molecule has 10 rings (SSSR count). The summed E-state index contributed by atoms with van der Waals surface area (Å²) < 4.78 is 177. The number of rotatable bonds is 18. The van der Waals surface area contributed by atoms with E-state index in [4.69, 9.17) is 48.8 Å². The smallest absolute Gasteiger partial charge is 0.420 e. The summed E-state index contributed by atoms with van der Waals surface area (Å²) in [5, 5.41) is 37.2. The lowest BCUT2D eigenvalue weighted by Crippen LogP contribution is -2.17. The van der Waals surface area contributed by atoms with E-state index in [2.05, 4.69) is 19.9 Å². The number of nitrogens with zero attached hydrogens (tertiary/aromatic N) is 2. The molecule has 0 saturated carbocycles. The van der Waals surface area contributed by atoms with Crippen LogP contribution in [0.5, 0.6) is 28.7 Å². The number of nitrogens with one attached hydrogen (secondary N) is 4. The molecule has 21 nitrogen and oxygen atoms in total. The summed E-state index contributed by atoms with van der Waals surface area (Å²) in [6.45, 7) is 7.36. The van der Waals surface area contributed by atoms with Crippen molar-refractivity contribution in [3.63, 3.8) is 0 Å². The van der Waals surface area contributed by atoms with Crippen LogP contribution in [0.15, 0.2) is 60.7 Å². The second-order valence-corrected chi connectivity index (χ2v) is 22.7. The number of halogens is 11. The maximum absolute atomic E-state index is 14.1. The lowest BCUT2D eigenvalue weighted by molar-refractivity contribution is -0.140. The minimum Gasteiger partial charge on any atom is -0.496 e. The molecule has 100 heavy (non-hydrogen) atoms. The standard InChI is InChI=1S/C18H23F3N2O3.2C13H12F3NO3.2C12H12FNO3/c1-22(2)7-6-14-12(9-17(24)26-5)11-8-16(25-4)13(18(19,20)21)10-15(11)23(14)3;1-6-7(4-12(18)19)8-3-11(20-2)9(13(14,15)16)5-10(8)17-6;1-6-7(5-10(18)19)11-8(17-6)3-4-9(20-2)12(11)13(14,15)16;1-6-7(4-12(15)16)8-3-11(17-2)9(13)5-10(8)14-6;1-6-7(5-10(15)16)11-8(14-6)3-4-9(17-2)12(11)13/h8,10H,6-7,9H2,1-5H3;3,5,17H,4H2,1-2H3,(H,18,19);3-4,17H,5H2,1-2H3,(H,18,19);3,5,14H,4H2,1-2H3,(H,15,16);3-4,14H,5H2,1-2H3,(H,15,16). The van der Waals surface area contributed by atoms with Crippen molar-refractivity contribution in [1.82, 2.24) is 29.4 Å². The van der Waals surface area contributed by atoms with Gasteiger partial charge in [-0.2, -0.15) is 39.5 Å². The Morgan fingerprint density at radius 3 is 1.28 bits per heavy atom. The van der Waals surface area contributed by atoms with Gasteiger partial charge in [-0.25, -0.2) is 8.78 Å². The van der Waals surface area contributed by atoms with Crippen LogP contribution in [0, 0.1) is 39.3 Å². The van der Waals surface area contributed by atoms with Crippen LogP contribution in [0.3, 0.4) is 0 Å². The molecule has 0 fully saturated rings. The van der Waals surface area contributed by atoms with Gasteiger partial charge in [0.15, 0.2) is 23.1 Å². The maximum atomic E-state index is 14.1. The van der Waals surface area contributed by atoms with Gasteiger partial charge in [-0.3, -0.25) is 24.0 Å². The van der Waals surface area contributed by atoms with Crippen molar-refractivity contribution in [2.24, 2.45) is 7.05 Å². The normalized spacial score (nSPS) is 11.5. The Balaban J connectivity index is 0.000000199. The molecule has 0 radical (unpaired) electrons. The maximum Gasteiger partial charge on any atom is 0.420 e. The van der Waals surface area contributed by atoms with Crippen molar-refractivity contribution in [2.75, 3.05) is 63.3 Å². The third kappa shape index (κ3) is 18.0. The minimum absolute atomic E-state index is 0.00881. The van der Waals surface area contributed by atoms with E-state index in [-0.39, 0.29) is 76.4 Å². The van der Waals surface area contributed by atoms with E-state index in [1.807, 2.05) is 19.0 Å². The highest BCUT2D eigenvalue weighted by Gasteiger charge is 2.39. The molecule has 10 aromatic rings. The number of carbonyl (C=O) groups is 5. The molecule has 5 aromatic heterocycles. The fourth-order valence-electron chi connectivity index (χ4n) is 11.4. The number of carbonyl (C=O) groups excluding carboxylic acids is 1. The molecule has 0 atom stereocenters. The molecule has 5 heterocycles. The van der Waals surface area contributed by atoms with Crippen molar-refractivity contribution >= 4 is 84.4 Å². The number of aliphatic carboxylic acids is 4. The van der Waals surface area contributed by atoms with Crippen molar-refractivity contribution in [2.45, 2.75) is 84.7 Å². The number of alkyl halides is 9. The summed E-state index contributed by atoms with van der Waals surface area (Å²) in [5.74, 6) is -6.26. The van der Waals surface area contributed by atoms with E-state index in [9.17, 15) is 72.3 Å². The van der Waals surface area contributed by atoms with Crippen molar-refractivity contribution in [3.8, 4) is 28.7 Å². The van der Waals surface area contributed by atoms with E-state index in [1.54, 1.807) is 45.4 Å². The second-order valence-electron chi connectivity index (χ2n) is 22.7. The predicted octanol–water partition coefficient (Wildman–Crippen LogP) is 13.8. The summed E-state index contributed by atoms with van der Waals surface area (Å²) in [5.41, 5.74) is 4.88. The number of esters is 1. The van der Waals surface area contributed by atoms with E-state index < -0.39 is 83.1 Å². The number of fused-ring (bicyclic) bond motifs is 5. The lowest BCUT2D eigenvalue weighted by Gasteiger charge is -2.14. The number of aryl methyl sites for hydroxylation is 5. The zero-order valence-electron chi connectivity index (χ0n) is 56.1. The molecule has 0 spiro atoms. The third-order valence-electron chi connectivity index (χ3n) is 16.0. The van der Waals surface area contributed by atoms with Crippen LogP contribution < -0.4 is 23.7 Å². The highest BCUT2D eigenvalue weighted by atomic mass is 19.4. The Morgan fingerprint density at radius 2 is 0.850 bits per heavy atom.